The zero-order valence-electron chi connectivity index (χ0n) is 15.3. The van der Waals surface area contributed by atoms with Crippen LogP contribution in [-0.2, 0) is 16.1 Å². The van der Waals surface area contributed by atoms with E-state index in [4.69, 9.17) is 16.3 Å². The Hall–Kier alpha value is -2.51. The maximum absolute atomic E-state index is 12.8. The molecule has 0 unspecified atom stereocenters. The van der Waals surface area contributed by atoms with Gasteiger partial charge in [-0.2, -0.15) is 0 Å². The third-order valence-corrected chi connectivity index (χ3v) is 5.18. The van der Waals surface area contributed by atoms with Crippen molar-refractivity contribution in [1.29, 1.82) is 0 Å². The molecule has 146 valence electrons. The van der Waals surface area contributed by atoms with Crippen LogP contribution >= 0.6 is 23.4 Å². The van der Waals surface area contributed by atoms with Gasteiger partial charge in [-0.3, -0.25) is 14.2 Å². The van der Waals surface area contributed by atoms with Crippen molar-refractivity contribution in [3.63, 3.8) is 0 Å². The summed E-state index contributed by atoms with van der Waals surface area (Å²) in [7, 11) is 1.33. The second-order valence-electron chi connectivity index (χ2n) is 5.85. The summed E-state index contributed by atoms with van der Waals surface area (Å²) >= 11 is 7.27. The molecule has 0 aliphatic heterocycles. The number of fused-ring (bicyclic) bond motifs is 1. The smallest absolute Gasteiger partial charge is 0.307 e. The van der Waals surface area contributed by atoms with Crippen LogP contribution in [0.5, 0.6) is 5.75 Å². The highest BCUT2D eigenvalue weighted by Gasteiger charge is 2.13. The van der Waals surface area contributed by atoms with Crippen LogP contribution in [0.15, 0.2) is 58.5 Å². The first-order valence-corrected chi connectivity index (χ1v) is 10.0. The monoisotopic (exact) mass is 418 g/mol. The number of rotatable bonds is 8. The number of thioether (sulfide) groups is 1. The molecule has 1 aromatic heterocycles. The largest absolute Gasteiger partial charge is 0.493 e. The van der Waals surface area contributed by atoms with E-state index < -0.39 is 0 Å². The molecule has 6 nitrogen and oxygen atoms in total. The topological polar surface area (TPSA) is 70.4 Å². The SMILES string of the molecule is COC(=O)CCn1c(SCCOc2ccc(Cl)cc2)nc2ccccc2c1=O. The summed E-state index contributed by atoms with van der Waals surface area (Å²) in [4.78, 5) is 29.0. The summed E-state index contributed by atoms with van der Waals surface area (Å²) in [6.45, 7) is 0.649. The van der Waals surface area contributed by atoms with Gasteiger partial charge in [0.15, 0.2) is 5.16 Å². The van der Waals surface area contributed by atoms with Gasteiger partial charge in [0.25, 0.3) is 5.56 Å². The molecule has 0 amide bonds. The second-order valence-corrected chi connectivity index (χ2v) is 7.34. The number of aromatic nitrogens is 2. The van der Waals surface area contributed by atoms with Crippen molar-refractivity contribution in [2.45, 2.75) is 18.1 Å². The van der Waals surface area contributed by atoms with Crippen molar-refractivity contribution < 1.29 is 14.3 Å². The quantitative estimate of drug-likeness (QED) is 0.240. The molecule has 0 bridgehead atoms. The van der Waals surface area contributed by atoms with Crippen LogP contribution < -0.4 is 10.3 Å². The maximum Gasteiger partial charge on any atom is 0.307 e. The van der Waals surface area contributed by atoms with Gasteiger partial charge in [0.2, 0.25) is 0 Å². The van der Waals surface area contributed by atoms with E-state index in [2.05, 4.69) is 9.72 Å². The molecule has 0 N–H and O–H groups in total. The van der Waals surface area contributed by atoms with Gasteiger partial charge in [-0.05, 0) is 36.4 Å². The molecule has 28 heavy (non-hydrogen) atoms. The van der Waals surface area contributed by atoms with Crippen molar-refractivity contribution in [3.8, 4) is 5.75 Å². The first-order valence-electron chi connectivity index (χ1n) is 8.66. The van der Waals surface area contributed by atoms with E-state index in [1.54, 1.807) is 42.5 Å². The number of nitrogens with zero attached hydrogens (tertiary/aromatic N) is 2. The Morgan fingerprint density at radius 2 is 1.93 bits per heavy atom. The standard InChI is InChI=1S/C20H19ClN2O4S/c1-26-18(24)10-11-23-19(25)16-4-2-3-5-17(16)22-20(23)28-13-12-27-15-8-6-14(21)7-9-15/h2-9H,10-13H2,1H3. The number of ether oxygens (including phenoxy) is 2. The molecule has 0 saturated carbocycles. The number of methoxy groups -OCH3 is 1. The van der Waals surface area contributed by atoms with Crippen molar-refractivity contribution in [1.82, 2.24) is 9.55 Å². The number of halogens is 1. The summed E-state index contributed by atoms with van der Waals surface area (Å²) in [5, 5.41) is 1.72. The molecule has 3 rings (SSSR count). The minimum Gasteiger partial charge on any atom is -0.493 e. The van der Waals surface area contributed by atoms with Gasteiger partial charge < -0.3 is 9.47 Å². The van der Waals surface area contributed by atoms with E-state index >= 15 is 0 Å². The van der Waals surface area contributed by atoms with Gasteiger partial charge in [-0.25, -0.2) is 4.98 Å². The summed E-state index contributed by atoms with van der Waals surface area (Å²) < 4.78 is 11.9. The Bertz CT molecular complexity index is 1020. The third kappa shape index (κ3) is 5.05. The normalized spacial score (nSPS) is 10.8. The van der Waals surface area contributed by atoms with Crippen molar-refractivity contribution in [2.24, 2.45) is 0 Å². The molecule has 0 spiro atoms. The number of benzene rings is 2. The summed E-state index contributed by atoms with van der Waals surface area (Å²) in [6, 6.07) is 14.3. The second kappa shape index (κ2) is 9.61. The molecule has 0 aliphatic rings. The van der Waals surface area contributed by atoms with E-state index in [1.165, 1.54) is 23.4 Å². The number of carbonyl (C=O) groups excluding carboxylic acids is 1. The lowest BCUT2D eigenvalue weighted by molar-refractivity contribution is -0.140. The predicted octanol–water partition coefficient (Wildman–Crippen LogP) is 3.78. The lowest BCUT2D eigenvalue weighted by Gasteiger charge is -2.13. The predicted molar refractivity (Wildman–Crippen MR) is 110 cm³/mol. The van der Waals surface area contributed by atoms with Crippen LogP contribution in [-0.4, -0.2) is 35.0 Å². The zero-order chi connectivity index (χ0) is 19.9. The summed E-state index contributed by atoms with van der Waals surface area (Å²) in [6.07, 6.45) is 0.102. The lowest BCUT2D eigenvalue weighted by Crippen LogP contribution is -2.25. The molecule has 1 heterocycles. The number of carbonyl (C=O) groups is 1. The fraction of sp³-hybridized carbons (Fsp3) is 0.250. The van der Waals surface area contributed by atoms with Gasteiger partial charge in [0.1, 0.15) is 5.75 Å². The molecular weight excluding hydrogens is 400 g/mol. The van der Waals surface area contributed by atoms with Gasteiger partial charge >= 0.3 is 5.97 Å². The molecule has 0 radical (unpaired) electrons. The fourth-order valence-corrected chi connectivity index (χ4v) is 3.55. The molecule has 0 aliphatic carbocycles. The average molecular weight is 419 g/mol. The molecule has 0 fully saturated rings. The van der Waals surface area contributed by atoms with E-state index in [9.17, 15) is 9.59 Å². The van der Waals surface area contributed by atoms with Gasteiger partial charge in [0.05, 0.1) is 31.0 Å². The molecule has 2 aromatic carbocycles. The number of esters is 1. The third-order valence-electron chi connectivity index (χ3n) is 3.99. The van der Waals surface area contributed by atoms with Gasteiger partial charge in [-0.1, -0.05) is 35.5 Å². The highest BCUT2D eigenvalue weighted by Crippen LogP contribution is 2.20. The minimum absolute atomic E-state index is 0.102. The molecule has 0 saturated heterocycles. The van der Waals surface area contributed by atoms with Crippen LogP contribution in [0.3, 0.4) is 0 Å². The van der Waals surface area contributed by atoms with Gasteiger partial charge in [-0.15, -0.1) is 0 Å². The summed E-state index contributed by atoms with van der Waals surface area (Å²) in [5.74, 6) is 0.938. The van der Waals surface area contributed by atoms with Crippen molar-refractivity contribution >= 4 is 40.2 Å². The first kappa shape index (κ1) is 20.2. The van der Waals surface area contributed by atoms with Crippen molar-refractivity contribution in [2.75, 3.05) is 19.5 Å². The Labute approximate surface area is 171 Å². The van der Waals surface area contributed by atoms with Crippen LogP contribution in [0.25, 0.3) is 10.9 Å². The van der Waals surface area contributed by atoms with Crippen LogP contribution in [0.1, 0.15) is 6.42 Å². The Balaban J connectivity index is 1.74. The Morgan fingerprint density at radius 1 is 1.18 bits per heavy atom. The highest BCUT2D eigenvalue weighted by molar-refractivity contribution is 7.99. The molecule has 8 heteroatoms. The maximum atomic E-state index is 12.8. The average Bonchev–Trinajstić information content (AvgIpc) is 2.72. The van der Waals surface area contributed by atoms with Crippen LogP contribution in [0.4, 0.5) is 0 Å². The van der Waals surface area contributed by atoms with E-state index in [-0.39, 0.29) is 24.5 Å². The highest BCUT2D eigenvalue weighted by atomic mass is 35.5. The fourth-order valence-electron chi connectivity index (χ4n) is 2.58. The van der Waals surface area contributed by atoms with E-state index in [1.807, 2.05) is 6.07 Å². The number of hydrogen-bond acceptors (Lipinski definition) is 6. The molecular formula is C20H19ClN2O4S. The Kier molecular flexibility index (Phi) is 6.95. The number of para-hydroxylation sites is 1. The van der Waals surface area contributed by atoms with E-state index in [0.29, 0.717) is 33.4 Å². The van der Waals surface area contributed by atoms with Crippen LogP contribution in [0.2, 0.25) is 5.02 Å². The molecule has 3 aromatic rings. The van der Waals surface area contributed by atoms with Crippen molar-refractivity contribution in [3.05, 3.63) is 63.9 Å². The molecule has 0 atom stereocenters. The first-order chi connectivity index (χ1) is 13.6. The number of hydrogen-bond donors (Lipinski definition) is 0. The zero-order valence-corrected chi connectivity index (χ0v) is 16.8. The minimum atomic E-state index is -0.373. The lowest BCUT2D eigenvalue weighted by atomic mass is 10.2. The summed E-state index contributed by atoms with van der Waals surface area (Å²) in [5.41, 5.74) is 0.457. The van der Waals surface area contributed by atoms with Gasteiger partial charge in [0, 0.05) is 17.3 Å². The van der Waals surface area contributed by atoms with Crippen LogP contribution in [0, 0.1) is 0 Å². The van der Waals surface area contributed by atoms with E-state index in [0.717, 1.165) is 5.75 Å². The Morgan fingerprint density at radius 3 is 2.68 bits per heavy atom.